The average molecular weight is 215 g/mol. The number of hydrogen-bond donors (Lipinski definition) is 0. The maximum absolute atomic E-state index is 10.2. The summed E-state index contributed by atoms with van der Waals surface area (Å²) in [6, 6.07) is 6.50. The summed E-state index contributed by atoms with van der Waals surface area (Å²) in [5.74, 6) is 0. The Balaban J connectivity index is 2.91. The van der Waals surface area contributed by atoms with Crippen LogP contribution in [-0.2, 0) is 5.32 Å². The van der Waals surface area contributed by atoms with Crippen molar-refractivity contribution in [3.8, 4) is 0 Å². The van der Waals surface area contributed by atoms with E-state index < -0.39 is 4.92 Å². The standard InChI is InChI=1S/C7H6NO2Se/c9-8(10)7-3-1-6(5-11)2-4-7/h1-4H,5H2. The van der Waals surface area contributed by atoms with Gasteiger partial charge < -0.3 is 0 Å². The number of nitrogens with zero attached hydrogens (tertiary/aromatic N) is 1. The second-order valence-electron chi connectivity index (χ2n) is 2.07. The van der Waals surface area contributed by atoms with Gasteiger partial charge in [0, 0.05) is 0 Å². The van der Waals surface area contributed by atoms with Crippen LogP contribution < -0.4 is 0 Å². The van der Waals surface area contributed by atoms with E-state index in [1.807, 2.05) is 0 Å². The fraction of sp³-hybridized carbons (Fsp3) is 0.143. The van der Waals surface area contributed by atoms with Gasteiger partial charge in [-0.15, -0.1) is 0 Å². The third-order valence-corrected chi connectivity index (χ3v) is 2.01. The first-order valence-electron chi connectivity index (χ1n) is 3.05. The summed E-state index contributed by atoms with van der Waals surface area (Å²) < 4.78 is 0. The third-order valence-electron chi connectivity index (χ3n) is 1.31. The number of nitro benzene ring substituents is 1. The van der Waals surface area contributed by atoms with Gasteiger partial charge in [-0.25, -0.2) is 0 Å². The molecule has 1 aromatic rings. The molecular weight excluding hydrogens is 209 g/mol. The van der Waals surface area contributed by atoms with E-state index in [-0.39, 0.29) is 5.69 Å². The molecule has 0 aliphatic heterocycles. The Kier molecular flexibility index (Phi) is 2.63. The second kappa shape index (κ2) is 3.51. The second-order valence-corrected chi connectivity index (χ2v) is 2.67. The van der Waals surface area contributed by atoms with Gasteiger partial charge in [-0.3, -0.25) is 0 Å². The first kappa shape index (κ1) is 8.24. The monoisotopic (exact) mass is 216 g/mol. The van der Waals surface area contributed by atoms with Gasteiger partial charge in [0.15, 0.2) is 0 Å². The zero-order chi connectivity index (χ0) is 8.27. The van der Waals surface area contributed by atoms with Gasteiger partial charge in [0.2, 0.25) is 0 Å². The van der Waals surface area contributed by atoms with Crippen molar-refractivity contribution in [3.63, 3.8) is 0 Å². The first-order chi connectivity index (χ1) is 5.24. The Morgan fingerprint density at radius 2 is 1.91 bits per heavy atom. The van der Waals surface area contributed by atoms with E-state index in [4.69, 9.17) is 0 Å². The predicted octanol–water partition coefficient (Wildman–Crippen LogP) is 1.26. The average Bonchev–Trinajstić information content (AvgIpc) is 2.05. The molecule has 0 N–H and O–H groups in total. The SMILES string of the molecule is O=[N+]([O-])c1ccc(C[Se])cc1. The van der Waals surface area contributed by atoms with E-state index in [1.165, 1.54) is 12.1 Å². The van der Waals surface area contributed by atoms with Crippen LogP contribution in [0.25, 0.3) is 0 Å². The van der Waals surface area contributed by atoms with E-state index in [2.05, 4.69) is 16.0 Å². The molecule has 1 radical (unpaired) electrons. The van der Waals surface area contributed by atoms with Crippen LogP contribution in [0.3, 0.4) is 0 Å². The van der Waals surface area contributed by atoms with Gasteiger partial charge in [0.05, 0.1) is 0 Å². The van der Waals surface area contributed by atoms with Crippen LogP contribution in [0, 0.1) is 10.1 Å². The van der Waals surface area contributed by atoms with Crippen molar-refractivity contribution in [2.24, 2.45) is 0 Å². The van der Waals surface area contributed by atoms with Gasteiger partial charge in [0.1, 0.15) is 0 Å². The minimum atomic E-state index is -0.400. The molecule has 11 heavy (non-hydrogen) atoms. The van der Waals surface area contributed by atoms with E-state index in [1.54, 1.807) is 12.1 Å². The Labute approximate surface area is 72.4 Å². The Hall–Kier alpha value is -0.861. The molecule has 0 aliphatic rings. The molecule has 3 nitrogen and oxygen atoms in total. The Bertz CT molecular complexity index is 258. The van der Waals surface area contributed by atoms with Crippen LogP contribution in [0.5, 0.6) is 0 Å². The molecule has 0 spiro atoms. The van der Waals surface area contributed by atoms with Crippen LogP contribution in [0.1, 0.15) is 5.56 Å². The quantitative estimate of drug-likeness (QED) is 0.423. The number of nitro groups is 1. The number of rotatable bonds is 2. The molecule has 0 aliphatic carbocycles. The first-order valence-corrected chi connectivity index (χ1v) is 4.26. The summed E-state index contributed by atoms with van der Waals surface area (Å²) in [7, 11) is 0. The molecule has 0 unspecified atom stereocenters. The molecule has 0 amide bonds. The molecule has 0 heterocycles. The molecule has 0 fully saturated rings. The van der Waals surface area contributed by atoms with Crippen molar-refractivity contribution in [1.29, 1.82) is 0 Å². The normalized spacial score (nSPS) is 9.55. The molecule has 57 valence electrons. The maximum atomic E-state index is 10.2. The fourth-order valence-corrected chi connectivity index (χ4v) is 1.12. The van der Waals surface area contributed by atoms with Crippen molar-refractivity contribution in [3.05, 3.63) is 39.9 Å². The molecule has 0 bridgehead atoms. The predicted molar refractivity (Wildman–Crippen MR) is 42.6 cm³/mol. The van der Waals surface area contributed by atoms with E-state index >= 15 is 0 Å². The number of non-ortho nitro benzene ring substituents is 1. The third kappa shape index (κ3) is 2.03. The van der Waals surface area contributed by atoms with Crippen molar-refractivity contribution in [2.45, 2.75) is 5.32 Å². The van der Waals surface area contributed by atoms with Crippen molar-refractivity contribution >= 4 is 21.7 Å². The van der Waals surface area contributed by atoms with Crippen molar-refractivity contribution in [1.82, 2.24) is 0 Å². The van der Waals surface area contributed by atoms with Crippen molar-refractivity contribution in [2.75, 3.05) is 0 Å². The van der Waals surface area contributed by atoms with Crippen LogP contribution in [0.15, 0.2) is 24.3 Å². The van der Waals surface area contributed by atoms with Gasteiger partial charge >= 0.3 is 71.9 Å². The molecule has 0 atom stereocenters. The van der Waals surface area contributed by atoms with E-state index in [0.717, 1.165) is 10.9 Å². The summed E-state index contributed by atoms with van der Waals surface area (Å²) in [6.07, 6.45) is 0. The van der Waals surface area contributed by atoms with E-state index in [9.17, 15) is 10.1 Å². The summed E-state index contributed by atoms with van der Waals surface area (Å²) in [5.41, 5.74) is 1.21. The summed E-state index contributed by atoms with van der Waals surface area (Å²) in [4.78, 5) is 9.80. The van der Waals surface area contributed by atoms with Gasteiger partial charge in [-0.1, -0.05) is 0 Å². The Morgan fingerprint density at radius 1 is 1.36 bits per heavy atom. The molecule has 0 saturated carbocycles. The van der Waals surface area contributed by atoms with Crippen LogP contribution in [0.4, 0.5) is 5.69 Å². The molecule has 0 saturated heterocycles. The van der Waals surface area contributed by atoms with Crippen LogP contribution in [0.2, 0.25) is 0 Å². The van der Waals surface area contributed by atoms with Crippen molar-refractivity contribution < 1.29 is 4.92 Å². The molecule has 1 rings (SSSR count). The zero-order valence-corrected chi connectivity index (χ0v) is 7.40. The summed E-state index contributed by atoms with van der Waals surface area (Å²) in [5, 5.41) is 11.0. The molecule has 0 aromatic heterocycles. The van der Waals surface area contributed by atoms with Crippen LogP contribution in [-0.4, -0.2) is 20.9 Å². The summed E-state index contributed by atoms with van der Waals surface area (Å²) in [6.45, 7) is 0. The van der Waals surface area contributed by atoms with E-state index in [0.29, 0.717) is 0 Å². The Morgan fingerprint density at radius 3 is 2.27 bits per heavy atom. The zero-order valence-electron chi connectivity index (χ0n) is 5.69. The topological polar surface area (TPSA) is 43.1 Å². The molecule has 4 heteroatoms. The molecular formula is C7H6NO2Se. The number of benzene rings is 1. The van der Waals surface area contributed by atoms with Gasteiger partial charge in [0.25, 0.3) is 0 Å². The summed E-state index contributed by atoms with van der Waals surface area (Å²) >= 11 is 2.84. The fourth-order valence-electron chi connectivity index (χ4n) is 0.714. The van der Waals surface area contributed by atoms with Crippen LogP contribution >= 0.6 is 0 Å². The minimum absolute atomic E-state index is 0.141. The number of hydrogen-bond acceptors (Lipinski definition) is 2. The van der Waals surface area contributed by atoms with Gasteiger partial charge in [-0.05, 0) is 0 Å². The van der Waals surface area contributed by atoms with Gasteiger partial charge in [-0.2, -0.15) is 0 Å². The molecule has 1 aromatic carbocycles.